The summed E-state index contributed by atoms with van der Waals surface area (Å²) in [6.07, 6.45) is 0.705. The van der Waals surface area contributed by atoms with Crippen LogP contribution in [0.5, 0.6) is 0 Å². The molecule has 4 heteroatoms. The van der Waals surface area contributed by atoms with Crippen LogP contribution < -0.4 is 5.32 Å². The van der Waals surface area contributed by atoms with E-state index in [2.05, 4.69) is 5.32 Å². The third-order valence-electron chi connectivity index (χ3n) is 3.76. The molecule has 0 saturated heterocycles. The van der Waals surface area contributed by atoms with Gasteiger partial charge in [0.05, 0.1) is 6.10 Å². The zero-order valence-corrected chi connectivity index (χ0v) is 13.6. The van der Waals surface area contributed by atoms with Crippen LogP contribution in [-0.2, 0) is 4.74 Å². The minimum absolute atomic E-state index is 0.0360. The van der Waals surface area contributed by atoms with Gasteiger partial charge in [0, 0.05) is 30.3 Å². The van der Waals surface area contributed by atoms with Gasteiger partial charge in [-0.2, -0.15) is 0 Å². The standard InChI is InChI=1S/C18H21ClFNO/c1-3-17(15-6-4-5-7-16(15)20)21-12-18(22-2)13-8-10-14(19)11-9-13/h4-11,17-18,21H,3,12H2,1-2H3/t17-,18?/m1/s1. The van der Waals surface area contributed by atoms with Gasteiger partial charge in [-0.15, -0.1) is 0 Å². The summed E-state index contributed by atoms with van der Waals surface area (Å²) in [6, 6.07) is 14.4. The molecule has 2 atom stereocenters. The van der Waals surface area contributed by atoms with Crippen molar-refractivity contribution in [3.8, 4) is 0 Å². The Kier molecular flexibility index (Phi) is 6.37. The van der Waals surface area contributed by atoms with Gasteiger partial charge in [0.15, 0.2) is 0 Å². The molecule has 0 heterocycles. The van der Waals surface area contributed by atoms with E-state index in [4.69, 9.17) is 16.3 Å². The van der Waals surface area contributed by atoms with E-state index in [1.165, 1.54) is 6.07 Å². The Balaban J connectivity index is 2.05. The van der Waals surface area contributed by atoms with Crippen LogP contribution in [0.1, 0.15) is 36.6 Å². The van der Waals surface area contributed by atoms with Gasteiger partial charge in [-0.3, -0.25) is 0 Å². The van der Waals surface area contributed by atoms with Crippen molar-refractivity contribution in [3.05, 3.63) is 70.5 Å². The Morgan fingerprint density at radius 3 is 2.41 bits per heavy atom. The Labute approximate surface area is 136 Å². The SMILES string of the molecule is CC[C@@H](NCC(OC)c1ccc(Cl)cc1)c1ccccc1F. The summed E-state index contributed by atoms with van der Waals surface area (Å²) in [6.45, 7) is 2.64. The number of hydrogen-bond acceptors (Lipinski definition) is 2. The fourth-order valence-corrected chi connectivity index (χ4v) is 2.62. The molecule has 0 aromatic heterocycles. The number of benzene rings is 2. The number of hydrogen-bond donors (Lipinski definition) is 1. The van der Waals surface area contributed by atoms with E-state index in [-0.39, 0.29) is 18.0 Å². The first-order valence-corrected chi connectivity index (χ1v) is 7.79. The molecule has 0 bridgehead atoms. The third-order valence-corrected chi connectivity index (χ3v) is 4.02. The number of nitrogens with one attached hydrogen (secondary N) is 1. The molecule has 0 aliphatic heterocycles. The fraction of sp³-hybridized carbons (Fsp3) is 0.333. The maximum atomic E-state index is 13.9. The minimum atomic E-state index is -0.178. The molecule has 2 aromatic carbocycles. The summed E-state index contributed by atoms with van der Waals surface area (Å²) in [5, 5.41) is 4.09. The summed E-state index contributed by atoms with van der Waals surface area (Å²) in [4.78, 5) is 0. The van der Waals surface area contributed by atoms with Gasteiger partial charge in [-0.05, 0) is 30.2 Å². The van der Waals surface area contributed by atoms with Crippen molar-refractivity contribution in [2.24, 2.45) is 0 Å². The van der Waals surface area contributed by atoms with Crippen LogP contribution in [0.2, 0.25) is 5.02 Å². The number of rotatable bonds is 7. The first kappa shape index (κ1) is 16.9. The van der Waals surface area contributed by atoms with Crippen LogP contribution in [0.3, 0.4) is 0 Å². The molecule has 2 nitrogen and oxygen atoms in total. The molecule has 0 aliphatic rings. The third kappa shape index (κ3) is 4.29. The normalized spacial score (nSPS) is 13.8. The number of halogens is 2. The van der Waals surface area contributed by atoms with Crippen LogP contribution in [0, 0.1) is 5.82 Å². The molecule has 0 radical (unpaired) electrons. The molecule has 1 unspecified atom stereocenters. The first-order valence-electron chi connectivity index (χ1n) is 7.41. The summed E-state index contributed by atoms with van der Waals surface area (Å²) in [5.41, 5.74) is 1.73. The van der Waals surface area contributed by atoms with E-state index in [1.807, 2.05) is 43.3 Å². The second-order valence-corrected chi connectivity index (χ2v) is 5.60. The lowest BCUT2D eigenvalue weighted by Crippen LogP contribution is -2.27. The van der Waals surface area contributed by atoms with E-state index in [1.54, 1.807) is 13.2 Å². The Morgan fingerprint density at radius 2 is 1.82 bits per heavy atom. The summed E-state index contributed by atoms with van der Waals surface area (Å²) in [7, 11) is 1.67. The van der Waals surface area contributed by atoms with Crippen LogP contribution in [0.15, 0.2) is 48.5 Å². The van der Waals surface area contributed by atoms with Gasteiger partial charge >= 0.3 is 0 Å². The monoisotopic (exact) mass is 321 g/mol. The maximum absolute atomic E-state index is 13.9. The van der Waals surface area contributed by atoms with Crippen molar-refractivity contribution in [2.75, 3.05) is 13.7 Å². The average molecular weight is 322 g/mol. The van der Waals surface area contributed by atoms with E-state index >= 15 is 0 Å². The van der Waals surface area contributed by atoms with Gasteiger partial charge < -0.3 is 10.1 Å². The van der Waals surface area contributed by atoms with Crippen molar-refractivity contribution in [3.63, 3.8) is 0 Å². The molecule has 2 aromatic rings. The lowest BCUT2D eigenvalue weighted by molar-refractivity contribution is 0.0990. The second kappa shape index (κ2) is 8.28. The van der Waals surface area contributed by atoms with Gasteiger partial charge in [-0.25, -0.2) is 4.39 Å². The first-order chi connectivity index (χ1) is 10.7. The van der Waals surface area contributed by atoms with Crippen LogP contribution in [-0.4, -0.2) is 13.7 Å². The maximum Gasteiger partial charge on any atom is 0.127 e. The van der Waals surface area contributed by atoms with Crippen LogP contribution >= 0.6 is 11.6 Å². The molecular formula is C18H21ClFNO. The predicted molar refractivity (Wildman–Crippen MR) is 88.6 cm³/mol. The van der Waals surface area contributed by atoms with E-state index in [9.17, 15) is 4.39 Å². The molecule has 0 amide bonds. The molecule has 0 fully saturated rings. The van der Waals surface area contributed by atoms with Crippen LogP contribution in [0.4, 0.5) is 4.39 Å². The van der Waals surface area contributed by atoms with Gasteiger partial charge in [0.1, 0.15) is 5.82 Å². The van der Waals surface area contributed by atoms with Gasteiger partial charge in [-0.1, -0.05) is 48.9 Å². The molecule has 118 valence electrons. The van der Waals surface area contributed by atoms with Crippen molar-refractivity contribution < 1.29 is 9.13 Å². The largest absolute Gasteiger partial charge is 0.375 e. The zero-order valence-electron chi connectivity index (χ0n) is 12.9. The fourth-order valence-electron chi connectivity index (χ4n) is 2.50. The second-order valence-electron chi connectivity index (χ2n) is 5.17. The summed E-state index contributed by atoms with van der Waals surface area (Å²) < 4.78 is 19.5. The smallest absolute Gasteiger partial charge is 0.127 e. The Morgan fingerprint density at radius 1 is 1.14 bits per heavy atom. The number of ether oxygens (including phenoxy) is 1. The quantitative estimate of drug-likeness (QED) is 0.782. The summed E-state index contributed by atoms with van der Waals surface area (Å²) in [5.74, 6) is -0.178. The molecule has 0 spiro atoms. The van der Waals surface area contributed by atoms with Crippen molar-refractivity contribution in [1.82, 2.24) is 5.32 Å². The van der Waals surface area contributed by atoms with Gasteiger partial charge in [0.2, 0.25) is 0 Å². The van der Waals surface area contributed by atoms with Crippen molar-refractivity contribution in [2.45, 2.75) is 25.5 Å². The highest BCUT2D eigenvalue weighted by Crippen LogP contribution is 2.23. The lowest BCUT2D eigenvalue weighted by Gasteiger charge is -2.22. The highest BCUT2D eigenvalue weighted by Gasteiger charge is 2.16. The highest BCUT2D eigenvalue weighted by molar-refractivity contribution is 6.30. The van der Waals surface area contributed by atoms with Crippen LogP contribution in [0.25, 0.3) is 0 Å². The average Bonchev–Trinajstić information content (AvgIpc) is 2.54. The lowest BCUT2D eigenvalue weighted by atomic mass is 10.0. The molecule has 1 N–H and O–H groups in total. The minimum Gasteiger partial charge on any atom is -0.375 e. The summed E-state index contributed by atoms with van der Waals surface area (Å²) >= 11 is 5.91. The highest BCUT2D eigenvalue weighted by atomic mass is 35.5. The molecular weight excluding hydrogens is 301 g/mol. The van der Waals surface area contributed by atoms with Crippen molar-refractivity contribution in [1.29, 1.82) is 0 Å². The van der Waals surface area contributed by atoms with Crippen molar-refractivity contribution >= 4 is 11.6 Å². The Bertz CT molecular complexity index is 588. The topological polar surface area (TPSA) is 21.3 Å². The van der Waals surface area contributed by atoms with E-state index < -0.39 is 0 Å². The Hall–Kier alpha value is -1.42. The van der Waals surface area contributed by atoms with Gasteiger partial charge in [0.25, 0.3) is 0 Å². The number of methoxy groups -OCH3 is 1. The molecule has 0 aliphatic carbocycles. The predicted octanol–water partition coefficient (Wildman–Crippen LogP) is 4.91. The molecule has 2 rings (SSSR count). The molecule has 0 saturated carbocycles. The zero-order chi connectivity index (χ0) is 15.9. The van der Waals surface area contributed by atoms with E-state index in [0.29, 0.717) is 17.1 Å². The van der Waals surface area contributed by atoms with E-state index in [0.717, 1.165) is 12.0 Å². The molecule has 22 heavy (non-hydrogen) atoms.